The smallest absolute Gasteiger partial charge is 0.140 e. The Morgan fingerprint density at radius 1 is 1.30 bits per heavy atom. The van der Waals surface area contributed by atoms with E-state index in [0.717, 1.165) is 23.7 Å². The zero-order valence-electron chi connectivity index (χ0n) is 12.1. The summed E-state index contributed by atoms with van der Waals surface area (Å²) in [6.07, 6.45) is 4.03. The Labute approximate surface area is 125 Å². The molecule has 0 aliphatic rings. The van der Waals surface area contributed by atoms with Gasteiger partial charge in [0.15, 0.2) is 0 Å². The number of benzene rings is 1. The molecule has 0 saturated carbocycles. The number of nitrogens with zero attached hydrogens (tertiary/aromatic N) is 1. The van der Waals surface area contributed by atoms with Gasteiger partial charge in [-0.05, 0) is 44.0 Å². The minimum atomic E-state index is 0.511. The second-order valence-electron chi connectivity index (χ2n) is 4.92. The highest BCUT2D eigenvalue weighted by Gasteiger charge is 2.03. The lowest BCUT2D eigenvalue weighted by molar-refractivity contribution is 0.305. The zero-order chi connectivity index (χ0) is 14.2. The van der Waals surface area contributed by atoms with Gasteiger partial charge in [0.2, 0.25) is 0 Å². The monoisotopic (exact) mass is 290 g/mol. The number of aromatic nitrogens is 1. The Morgan fingerprint density at radius 3 is 2.75 bits per heavy atom. The van der Waals surface area contributed by atoms with E-state index in [1.165, 1.54) is 12.0 Å². The van der Waals surface area contributed by atoms with Crippen LogP contribution in [0, 0.1) is 0 Å². The molecule has 1 atom stereocenters. The van der Waals surface area contributed by atoms with Crippen LogP contribution >= 0.6 is 11.3 Å². The molecule has 108 valence electrons. The number of hydrogen-bond acceptors (Lipinski definition) is 4. The van der Waals surface area contributed by atoms with Gasteiger partial charge in [-0.1, -0.05) is 19.1 Å². The topological polar surface area (TPSA) is 34.1 Å². The number of thiazole rings is 1. The third-order valence-electron chi connectivity index (χ3n) is 3.05. The first-order valence-electron chi connectivity index (χ1n) is 7.11. The van der Waals surface area contributed by atoms with E-state index >= 15 is 0 Å². The fraction of sp³-hybridized carbons (Fsp3) is 0.438. The highest BCUT2D eigenvalue weighted by Crippen LogP contribution is 2.16. The predicted molar refractivity (Wildman–Crippen MR) is 84.3 cm³/mol. The molecule has 1 aromatic heterocycles. The number of hydrogen-bond donors (Lipinski definition) is 1. The summed E-state index contributed by atoms with van der Waals surface area (Å²) in [4.78, 5) is 4.20. The molecule has 3 nitrogen and oxygen atoms in total. The van der Waals surface area contributed by atoms with Crippen molar-refractivity contribution in [1.82, 2.24) is 10.3 Å². The van der Waals surface area contributed by atoms with Crippen molar-refractivity contribution in [3.8, 4) is 5.75 Å². The first-order valence-corrected chi connectivity index (χ1v) is 7.99. The van der Waals surface area contributed by atoms with E-state index in [2.05, 4.69) is 36.3 Å². The van der Waals surface area contributed by atoms with E-state index in [0.29, 0.717) is 12.6 Å². The molecule has 1 aromatic carbocycles. The quantitative estimate of drug-likeness (QED) is 0.805. The third kappa shape index (κ3) is 4.94. The predicted octanol–water partition coefficient (Wildman–Crippen LogP) is 3.65. The molecular weight excluding hydrogens is 268 g/mol. The second kappa shape index (κ2) is 8.02. The molecule has 2 rings (SSSR count). The summed E-state index contributed by atoms with van der Waals surface area (Å²) in [6, 6.07) is 8.87. The normalized spacial score (nSPS) is 12.3. The minimum Gasteiger partial charge on any atom is -0.486 e. The van der Waals surface area contributed by atoms with Gasteiger partial charge in [-0.3, -0.25) is 0 Å². The largest absolute Gasteiger partial charge is 0.486 e. The summed E-state index contributed by atoms with van der Waals surface area (Å²) in [5.74, 6) is 0.901. The van der Waals surface area contributed by atoms with Crippen LogP contribution in [0.2, 0.25) is 0 Å². The lowest BCUT2D eigenvalue weighted by Crippen LogP contribution is -2.28. The van der Waals surface area contributed by atoms with Gasteiger partial charge < -0.3 is 10.1 Å². The van der Waals surface area contributed by atoms with Crippen LogP contribution in [-0.4, -0.2) is 17.6 Å². The average Bonchev–Trinajstić information content (AvgIpc) is 2.98. The van der Waals surface area contributed by atoms with Gasteiger partial charge in [0, 0.05) is 17.6 Å². The Balaban J connectivity index is 1.80. The Hall–Kier alpha value is -1.39. The summed E-state index contributed by atoms with van der Waals surface area (Å²) in [5, 5.41) is 6.47. The van der Waals surface area contributed by atoms with E-state index in [4.69, 9.17) is 4.74 Å². The molecule has 1 N–H and O–H groups in total. The molecule has 0 fully saturated rings. The second-order valence-corrected chi connectivity index (χ2v) is 5.90. The first kappa shape index (κ1) is 15.0. The highest BCUT2D eigenvalue weighted by atomic mass is 32.1. The van der Waals surface area contributed by atoms with Crippen molar-refractivity contribution in [2.75, 3.05) is 6.54 Å². The van der Waals surface area contributed by atoms with Crippen molar-refractivity contribution in [2.45, 2.75) is 39.3 Å². The summed E-state index contributed by atoms with van der Waals surface area (Å²) in [7, 11) is 0. The van der Waals surface area contributed by atoms with Crippen LogP contribution in [0.1, 0.15) is 30.8 Å². The van der Waals surface area contributed by atoms with Crippen molar-refractivity contribution in [1.29, 1.82) is 0 Å². The molecule has 0 spiro atoms. The van der Waals surface area contributed by atoms with Crippen molar-refractivity contribution < 1.29 is 4.74 Å². The van der Waals surface area contributed by atoms with E-state index in [9.17, 15) is 0 Å². The molecule has 0 amide bonds. The van der Waals surface area contributed by atoms with Crippen LogP contribution in [0.3, 0.4) is 0 Å². The van der Waals surface area contributed by atoms with E-state index in [1.807, 2.05) is 17.5 Å². The van der Waals surface area contributed by atoms with Gasteiger partial charge in [0.1, 0.15) is 17.4 Å². The number of ether oxygens (including phenoxy) is 1. The van der Waals surface area contributed by atoms with Crippen LogP contribution in [-0.2, 0) is 13.0 Å². The summed E-state index contributed by atoms with van der Waals surface area (Å²) < 4.78 is 5.71. The van der Waals surface area contributed by atoms with Crippen molar-refractivity contribution in [2.24, 2.45) is 0 Å². The van der Waals surface area contributed by atoms with Gasteiger partial charge in [-0.25, -0.2) is 4.98 Å². The van der Waals surface area contributed by atoms with Gasteiger partial charge in [-0.15, -0.1) is 11.3 Å². The summed E-state index contributed by atoms with van der Waals surface area (Å²) in [5.41, 5.74) is 1.34. The zero-order valence-corrected chi connectivity index (χ0v) is 13.0. The van der Waals surface area contributed by atoms with Crippen LogP contribution in [0.15, 0.2) is 35.8 Å². The molecule has 20 heavy (non-hydrogen) atoms. The third-order valence-corrected chi connectivity index (χ3v) is 3.81. The molecule has 0 radical (unpaired) electrons. The van der Waals surface area contributed by atoms with Crippen LogP contribution in [0.4, 0.5) is 0 Å². The van der Waals surface area contributed by atoms with Crippen molar-refractivity contribution in [3.05, 3.63) is 46.4 Å². The lowest BCUT2D eigenvalue weighted by atomic mass is 10.1. The van der Waals surface area contributed by atoms with Crippen molar-refractivity contribution >= 4 is 11.3 Å². The highest BCUT2D eigenvalue weighted by molar-refractivity contribution is 7.09. The molecule has 0 bridgehead atoms. The number of nitrogens with one attached hydrogen (secondary N) is 1. The fourth-order valence-electron chi connectivity index (χ4n) is 2.01. The molecular formula is C16H22N2OS. The molecule has 0 aliphatic carbocycles. The van der Waals surface area contributed by atoms with Crippen LogP contribution in [0.25, 0.3) is 0 Å². The molecule has 4 heteroatoms. The van der Waals surface area contributed by atoms with E-state index in [1.54, 1.807) is 17.5 Å². The van der Waals surface area contributed by atoms with Crippen molar-refractivity contribution in [3.63, 3.8) is 0 Å². The maximum atomic E-state index is 5.71. The fourth-order valence-corrected chi connectivity index (χ4v) is 2.54. The molecule has 0 saturated heterocycles. The maximum absolute atomic E-state index is 5.71. The van der Waals surface area contributed by atoms with Gasteiger partial charge >= 0.3 is 0 Å². The van der Waals surface area contributed by atoms with Crippen LogP contribution in [0.5, 0.6) is 5.75 Å². The standard InChI is InChI=1S/C16H22N2OS/c1-3-8-17-13(2)11-14-4-6-15(7-5-14)19-12-16-18-9-10-20-16/h4-7,9-10,13,17H,3,8,11-12H2,1-2H3. The number of rotatable bonds is 8. The average molecular weight is 290 g/mol. The van der Waals surface area contributed by atoms with Gasteiger partial charge in [0.25, 0.3) is 0 Å². The molecule has 2 aromatic rings. The van der Waals surface area contributed by atoms with E-state index in [-0.39, 0.29) is 0 Å². The summed E-state index contributed by atoms with van der Waals surface area (Å²) >= 11 is 1.62. The SMILES string of the molecule is CCCNC(C)Cc1ccc(OCc2nccs2)cc1. The molecule has 1 heterocycles. The molecule has 1 unspecified atom stereocenters. The van der Waals surface area contributed by atoms with E-state index < -0.39 is 0 Å². The van der Waals surface area contributed by atoms with Gasteiger partial charge in [-0.2, -0.15) is 0 Å². The molecule has 0 aliphatic heterocycles. The minimum absolute atomic E-state index is 0.511. The van der Waals surface area contributed by atoms with Crippen LogP contribution < -0.4 is 10.1 Å². The Kier molecular flexibility index (Phi) is 6.02. The Bertz CT molecular complexity index is 482. The summed E-state index contributed by atoms with van der Waals surface area (Å²) in [6.45, 7) is 6.04. The van der Waals surface area contributed by atoms with Gasteiger partial charge in [0.05, 0.1) is 0 Å². The first-order chi connectivity index (χ1) is 9.78. The lowest BCUT2D eigenvalue weighted by Gasteiger charge is -2.13. The Morgan fingerprint density at radius 2 is 2.10 bits per heavy atom. The maximum Gasteiger partial charge on any atom is 0.140 e.